The van der Waals surface area contributed by atoms with Crippen molar-refractivity contribution in [3.05, 3.63) is 47.6 Å². The third kappa shape index (κ3) is 3.70. The van der Waals surface area contributed by atoms with Gasteiger partial charge in [-0.2, -0.15) is 5.10 Å². The van der Waals surface area contributed by atoms with Crippen molar-refractivity contribution < 1.29 is 4.79 Å². The van der Waals surface area contributed by atoms with Crippen LogP contribution in [0.1, 0.15) is 38.3 Å². The molecule has 134 valence electrons. The Bertz CT molecular complexity index is 931. The topological polar surface area (TPSA) is 58.8 Å². The van der Waals surface area contributed by atoms with Crippen molar-refractivity contribution in [2.24, 2.45) is 11.0 Å². The number of carbonyl (C=O) groups excluding carboxylic acids is 1. The van der Waals surface area contributed by atoms with Crippen LogP contribution in [0, 0.1) is 5.92 Å². The number of carbonyl (C=O) groups is 1. The predicted octanol–water partition coefficient (Wildman–Crippen LogP) is 4.29. The molecule has 1 saturated carbocycles. The third-order valence-electron chi connectivity index (χ3n) is 4.88. The second-order valence-electron chi connectivity index (χ2n) is 6.94. The number of nitrogens with one attached hydrogen (secondary N) is 1. The van der Waals surface area contributed by atoms with Gasteiger partial charge in [0.2, 0.25) is 5.91 Å². The smallest absolute Gasteiger partial charge is 0.246 e. The number of hydrogen-bond acceptors (Lipinski definition) is 4. The monoisotopic (exact) mass is 366 g/mol. The average molecular weight is 366 g/mol. The number of fused-ring (bicyclic) bond motifs is 1. The molecule has 0 spiro atoms. The Morgan fingerprint density at radius 3 is 2.85 bits per heavy atom. The van der Waals surface area contributed by atoms with E-state index in [1.807, 2.05) is 46.3 Å². The van der Waals surface area contributed by atoms with Gasteiger partial charge in [0.1, 0.15) is 0 Å². The minimum absolute atomic E-state index is 0.0780. The predicted molar refractivity (Wildman–Crippen MR) is 105 cm³/mol. The molecular weight excluding hydrogens is 344 g/mol. The summed E-state index contributed by atoms with van der Waals surface area (Å²) >= 11 is 1.55. The molecule has 5 nitrogen and oxygen atoms in total. The summed E-state index contributed by atoms with van der Waals surface area (Å²) in [6.45, 7) is 2.27. The Hall–Kier alpha value is -2.47. The van der Waals surface area contributed by atoms with E-state index in [4.69, 9.17) is 0 Å². The van der Waals surface area contributed by atoms with Crippen LogP contribution in [0.25, 0.3) is 16.2 Å². The first-order chi connectivity index (χ1) is 12.7. The van der Waals surface area contributed by atoms with E-state index in [-0.39, 0.29) is 5.91 Å². The van der Waals surface area contributed by atoms with Gasteiger partial charge in [0.15, 0.2) is 4.96 Å². The summed E-state index contributed by atoms with van der Waals surface area (Å²) in [6, 6.07) is 10.1. The second kappa shape index (κ2) is 7.41. The van der Waals surface area contributed by atoms with Gasteiger partial charge in [-0.05, 0) is 31.6 Å². The molecule has 2 aromatic heterocycles. The van der Waals surface area contributed by atoms with Gasteiger partial charge in [-0.25, -0.2) is 10.4 Å². The van der Waals surface area contributed by atoms with Gasteiger partial charge >= 0.3 is 0 Å². The van der Waals surface area contributed by atoms with Gasteiger partial charge in [-0.3, -0.25) is 9.20 Å². The summed E-state index contributed by atoms with van der Waals surface area (Å²) in [7, 11) is 0. The molecule has 3 aromatic rings. The number of benzene rings is 1. The van der Waals surface area contributed by atoms with Crippen molar-refractivity contribution in [2.45, 2.75) is 39.0 Å². The largest absolute Gasteiger partial charge is 0.294 e. The van der Waals surface area contributed by atoms with Crippen molar-refractivity contribution in [1.82, 2.24) is 14.8 Å². The van der Waals surface area contributed by atoms with Crippen LogP contribution >= 0.6 is 11.3 Å². The van der Waals surface area contributed by atoms with Crippen molar-refractivity contribution in [3.63, 3.8) is 0 Å². The van der Waals surface area contributed by atoms with Crippen LogP contribution in [-0.4, -0.2) is 21.0 Å². The molecule has 4 rings (SSSR count). The lowest BCUT2D eigenvalue weighted by Crippen LogP contribution is -2.23. The van der Waals surface area contributed by atoms with Gasteiger partial charge in [-0.1, -0.05) is 37.3 Å². The van der Waals surface area contributed by atoms with Crippen LogP contribution < -0.4 is 5.43 Å². The molecule has 26 heavy (non-hydrogen) atoms. The summed E-state index contributed by atoms with van der Waals surface area (Å²) in [5, 5.41) is 6.32. The molecule has 0 radical (unpaired) electrons. The number of thiazole rings is 1. The highest BCUT2D eigenvalue weighted by Gasteiger charge is 2.15. The Labute approximate surface area is 156 Å². The maximum atomic E-state index is 12.3. The van der Waals surface area contributed by atoms with Crippen LogP contribution in [-0.2, 0) is 11.2 Å². The maximum absolute atomic E-state index is 12.3. The lowest BCUT2D eigenvalue weighted by molar-refractivity contribution is -0.120. The van der Waals surface area contributed by atoms with Gasteiger partial charge in [0.25, 0.3) is 0 Å². The quantitative estimate of drug-likeness (QED) is 0.700. The van der Waals surface area contributed by atoms with Gasteiger partial charge in [0.05, 0.1) is 12.1 Å². The Kier molecular flexibility index (Phi) is 4.84. The maximum Gasteiger partial charge on any atom is 0.246 e. The van der Waals surface area contributed by atoms with Crippen molar-refractivity contribution in [1.29, 1.82) is 0 Å². The molecule has 0 unspecified atom stereocenters. The van der Waals surface area contributed by atoms with E-state index in [0.29, 0.717) is 6.42 Å². The fourth-order valence-corrected chi connectivity index (χ4v) is 4.13. The summed E-state index contributed by atoms with van der Waals surface area (Å²) < 4.78 is 2.00. The first kappa shape index (κ1) is 17.0. The van der Waals surface area contributed by atoms with Crippen molar-refractivity contribution >= 4 is 27.9 Å². The van der Waals surface area contributed by atoms with E-state index in [2.05, 4.69) is 22.4 Å². The lowest BCUT2D eigenvalue weighted by atomic mass is 9.90. The summed E-state index contributed by atoms with van der Waals surface area (Å²) in [5.41, 5.74) is 6.79. The molecule has 6 heteroatoms. The fraction of sp³-hybridized carbons (Fsp3) is 0.350. The first-order valence-electron chi connectivity index (χ1n) is 9.04. The molecule has 1 aliphatic rings. The number of imidazole rings is 1. The Balaban J connectivity index is 1.44. The lowest BCUT2D eigenvalue weighted by Gasteiger charge is -2.18. The molecule has 0 aliphatic heterocycles. The summed E-state index contributed by atoms with van der Waals surface area (Å²) in [5.74, 6) is 0.689. The molecule has 2 heterocycles. The number of amides is 1. The van der Waals surface area contributed by atoms with Gasteiger partial charge in [0, 0.05) is 28.5 Å². The minimum Gasteiger partial charge on any atom is -0.294 e. The number of aromatic nitrogens is 2. The molecule has 1 aliphatic carbocycles. The van der Waals surface area contributed by atoms with E-state index >= 15 is 0 Å². The number of rotatable bonds is 4. The summed E-state index contributed by atoms with van der Waals surface area (Å²) in [4.78, 5) is 17.9. The van der Waals surface area contributed by atoms with E-state index in [0.717, 1.165) is 59.2 Å². The highest BCUT2D eigenvalue weighted by molar-refractivity contribution is 7.15. The van der Waals surface area contributed by atoms with Crippen LogP contribution in [0.2, 0.25) is 0 Å². The highest BCUT2D eigenvalue weighted by atomic mass is 32.1. The molecule has 1 N–H and O–H groups in total. The van der Waals surface area contributed by atoms with Gasteiger partial charge in [-0.15, -0.1) is 11.3 Å². The highest BCUT2D eigenvalue weighted by Crippen LogP contribution is 2.24. The third-order valence-corrected chi connectivity index (χ3v) is 5.77. The SMILES string of the molecule is CC1CCC(=NNC(=O)Cc2csc3nc(-c4ccccc4)cn23)CC1. The zero-order valence-corrected chi connectivity index (χ0v) is 15.6. The molecule has 1 aromatic carbocycles. The van der Waals surface area contributed by atoms with Crippen LogP contribution in [0.4, 0.5) is 0 Å². The summed E-state index contributed by atoms with van der Waals surface area (Å²) in [6.07, 6.45) is 6.61. The van der Waals surface area contributed by atoms with Gasteiger partial charge < -0.3 is 0 Å². The van der Waals surface area contributed by atoms with E-state index < -0.39 is 0 Å². The molecular formula is C20H22N4OS. The molecule has 0 saturated heterocycles. The van der Waals surface area contributed by atoms with Crippen molar-refractivity contribution in [2.75, 3.05) is 0 Å². The van der Waals surface area contributed by atoms with Crippen LogP contribution in [0.5, 0.6) is 0 Å². The Morgan fingerprint density at radius 1 is 1.31 bits per heavy atom. The van der Waals surface area contributed by atoms with Crippen molar-refractivity contribution in [3.8, 4) is 11.3 Å². The number of hydrazone groups is 1. The normalized spacial score (nSPS) is 17.4. The molecule has 1 amide bonds. The Morgan fingerprint density at radius 2 is 2.08 bits per heavy atom. The van der Waals surface area contributed by atoms with E-state index in [9.17, 15) is 4.79 Å². The first-order valence-corrected chi connectivity index (χ1v) is 9.92. The zero-order valence-electron chi connectivity index (χ0n) is 14.8. The van der Waals surface area contributed by atoms with Crippen LogP contribution in [0.15, 0.2) is 47.0 Å². The fourth-order valence-electron chi connectivity index (χ4n) is 3.26. The number of nitrogens with zero attached hydrogens (tertiary/aromatic N) is 3. The van der Waals surface area contributed by atoms with E-state index in [1.54, 1.807) is 11.3 Å². The minimum atomic E-state index is -0.0780. The molecule has 0 bridgehead atoms. The van der Waals surface area contributed by atoms with Crippen LogP contribution in [0.3, 0.4) is 0 Å². The second-order valence-corrected chi connectivity index (χ2v) is 7.78. The molecule has 1 fully saturated rings. The molecule has 0 atom stereocenters. The number of hydrogen-bond donors (Lipinski definition) is 1. The van der Waals surface area contributed by atoms with E-state index in [1.165, 1.54) is 0 Å². The zero-order chi connectivity index (χ0) is 17.9. The standard InChI is InChI=1S/C20H22N4OS/c1-14-7-9-16(10-8-14)22-23-19(25)11-17-13-26-20-21-18(12-24(17)20)15-5-3-2-4-6-15/h2-6,12-14H,7-11H2,1H3,(H,23,25). The average Bonchev–Trinajstić information content (AvgIpc) is 3.24.